The second kappa shape index (κ2) is 7.09. The molecule has 7 heteroatoms. The molecule has 0 radical (unpaired) electrons. The molecule has 1 atom stereocenters. The molecule has 1 aromatic carbocycles. The van der Waals surface area contributed by atoms with E-state index in [1.807, 2.05) is 5.38 Å². The van der Waals surface area contributed by atoms with Gasteiger partial charge in [-0.05, 0) is 37.1 Å². The normalized spacial score (nSPS) is 17.1. The van der Waals surface area contributed by atoms with Gasteiger partial charge in [0.15, 0.2) is 0 Å². The first kappa shape index (κ1) is 16.6. The summed E-state index contributed by atoms with van der Waals surface area (Å²) < 4.78 is 17.7. The number of methoxy groups -OCH3 is 1. The molecule has 0 bridgehead atoms. The number of carbonyl (C=O) groups excluding carboxylic acids is 2. The van der Waals surface area contributed by atoms with E-state index in [0.717, 1.165) is 12.0 Å². The van der Waals surface area contributed by atoms with Crippen molar-refractivity contribution in [3.8, 4) is 11.3 Å². The van der Waals surface area contributed by atoms with Gasteiger partial charge in [-0.25, -0.2) is 14.2 Å². The second-order valence-electron chi connectivity index (χ2n) is 5.58. The number of aromatic nitrogens is 1. The Kier molecular flexibility index (Phi) is 4.89. The first-order chi connectivity index (χ1) is 11.6. The monoisotopic (exact) mass is 348 g/mol. The van der Waals surface area contributed by atoms with Crippen LogP contribution in [-0.2, 0) is 20.7 Å². The maximum Gasteiger partial charge on any atom is 0.328 e. The third kappa shape index (κ3) is 3.46. The largest absolute Gasteiger partial charge is 0.467 e. The van der Waals surface area contributed by atoms with E-state index in [2.05, 4.69) is 4.98 Å². The van der Waals surface area contributed by atoms with Crippen LogP contribution in [0.2, 0.25) is 0 Å². The fraction of sp³-hybridized carbons (Fsp3) is 0.353. The number of halogens is 1. The minimum atomic E-state index is -0.487. The fourth-order valence-corrected chi connectivity index (χ4v) is 3.62. The van der Waals surface area contributed by atoms with Crippen LogP contribution in [0.5, 0.6) is 0 Å². The molecule has 0 N–H and O–H groups in total. The number of esters is 1. The van der Waals surface area contributed by atoms with E-state index in [4.69, 9.17) is 4.74 Å². The third-order valence-electron chi connectivity index (χ3n) is 4.04. The van der Waals surface area contributed by atoms with Gasteiger partial charge in [0, 0.05) is 17.5 Å². The Morgan fingerprint density at radius 2 is 2.12 bits per heavy atom. The molecule has 1 aromatic heterocycles. The zero-order valence-corrected chi connectivity index (χ0v) is 14.0. The number of ether oxygens (including phenoxy) is 1. The molecule has 3 rings (SSSR count). The lowest BCUT2D eigenvalue weighted by atomic mass is 10.2. The SMILES string of the molecule is COC(=O)[C@@H]1CCCN1C(=O)Cc1nc(-c2ccc(F)cc2)cs1. The summed E-state index contributed by atoms with van der Waals surface area (Å²) in [6, 6.07) is 5.59. The van der Waals surface area contributed by atoms with Crippen LogP contribution >= 0.6 is 11.3 Å². The standard InChI is InChI=1S/C17H17FN2O3S/c1-23-17(22)14-3-2-8-20(14)16(21)9-15-19-13(10-24-15)11-4-6-12(18)7-5-11/h4-7,10,14H,2-3,8-9H2,1H3/t14-/m0/s1. The van der Waals surface area contributed by atoms with Crippen molar-refractivity contribution < 1.29 is 18.7 Å². The maximum atomic E-state index is 13.0. The van der Waals surface area contributed by atoms with Crippen molar-refractivity contribution in [2.24, 2.45) is 0 Å². The molecule has 1 fully saturated rings. The number of thiazole rings is 1. The molecule has 0 saturated carbocycles. The molecular weight excluding hydrogens is 331 g/mol. The molecule has 1 aliphatic heterocycles. The minimum Gasteiger partial charge on any atom is -0.467 e. The van der Waals surface area contributed by atoms with Gasteiger partial charge in [0.1, 0.15) is 16.9 Å². The van der Waals surface area contributed by atoms with Crippen LogP contribution in [0.3, 0.4) is 0 Å². The fourth-order valence-electron chi connectivity index (χ4n) is 2.82. The van der Waals surface area contributed by atoms with Gasteiger partial charge < -0.3 is 9.64 Å². The van der Waals surface area contributed by atoms with Crippen LogP contribution in [0, 0.1) is 5.82 Å². The highest BCUT2D eigenvalue weighted by atomic mass is 32.1. The van der Waals surface area contributed by atoms with Gasteiger partial charge in [0.2, 0.25) is 5.91 Å². The van der Waals surface area contributed by atoms with Gasteiger partial charge >= 0.3 is 5.97 Å². The topological polar surface area (TPSA) is 59.5 Å². The lowest BCUT2D eigenvalue weighted by Crippen LogP contribution is -2.41. The summed E-state index contributed by atoms with van der Waals surface area (Å²) in [5.41, 5.74) is 1.52. The first-order valence-electron chi connectivity index (χ1n) is 7.66. The first-order valence-corrected chi connectivity index (χ1v) is 8.54. The third-order valence-corrected chi connectivity index (χ3v) is 4.89. The molecule has 2 aromatic rings. The second-order valence-corrected chi connectivity index (χ2v) is 6.52. The number of hydrogen-bond acceptors (Lipinski definition) is 5. The van der Waals surface area contributed by atoms with Crippen LogP contribution in [-0.4, -0.2) is 41.5 Å². The molecule has 1 saturated heterocycles. The van der Waals surface area contributed by atoms with Crippen molar-refractivity contribution in [2.75, 3.05) is 13.7 Å². The molecule has 126 valence electrons. The van der Waals surface area contributed by atoms with Crippen LogP contribution in [0.4, 0.5) is 4.39 Å². The zero-order chi connectivity index (χ0) is 17.1. The van der Waals surface area contributed by atoms with Gasteiger partial charge in [0.05, 0.1) is 19.2 Å². The summed E-state index contributed by atoms with van der Waals surface area (Å²) in [6.45, 7) is 0.564. The van der Waals surface area contributed by atoms with Crippen molar-refractivity contribution in [1.82, 2.24) is 9.88 Å². The van der Waals surface area contributed by atoms with Gasteiger partial charge in [-0.1, -0.05) is 0 Å². The summed E-state index contributed by atoms with van der Waals surface area (Å²) in [6.07, 6.45) is 1.58. The Bertz CT molecular complexity index is 745. The Hall–Kier alpha value is -2.28. The number of hydrogen-bond donors (Lipinski definition) is 0. The number of rotatable bonds is 4. The van der Waals surface area contributed by atoms with Crippen molar-refractivity contribution in [3.05, 3.63) is 40.5 Å². The quantitative estimate of drug-likeness (QED) is 0.797. The van der Waals surface area contributed by atoms with E-state index in [9.17, 15) is 14.0 Å². The lowest BCUT2D eigenvalue weighted by molar-refractivity contribution is -0.150. The van der Waals surface area contributed by atoms with Gasteiger partial charge in [0.25, 0.3) is 0 Å². The Morgan fingerprint density at radius 1 is 1.38 bits per heavy atom. The predicted octanol–water partition coefficient (Wildman–Crippen LogP) is 2.66. The summed E-state index contributed by atoms with van der Waals surface area (Å²) >= 11 is 1.38. The molecule has 0 aliphatic carbocycles. The lowest BCUT2D eigenvalue weighted by Gasteiger charge is -2.22. The van der Waals surface area contributed by atoms with Gasteiger partial charge in [-0.3, -0.25) is 4.79 Å². The average molecular weight is 348 g/mol. The predicted molar refractivity (Wildman–Crippen MR) is 88.0 cm³/mol. The number of likely N-dealkylation sites (tertiary alicyclic amines) is 1. The highest BCUT2D eigenvalue weighted by Gasteiger charge is 2.34. The summed E-state index contributed by atoms with van der Waals surface area (Å²) in [4.78, 5) is 30.2. The molecule has 0 unspecified atom stereocenters. The van der Waals surface area contributed by atoms with Crippen molar-refractivity contribution >= 4 is 23.2 Å². The van der Waals surface area contributed by atoms with Crippen LogP contribution in [0.25, 0.3) is 11.3 Å². The molecule has 5 nitrogen and oxygen atoms in total. The molecule has 1 aliphatic rings. The summed E-state index contributed by atoms with van der Waals surface area (Å²) in [5, 5.41) is 2.52. The number of benzene rings is 1. The molecule has 0 spiro atoms. The van der Waals surface area contributed by atoms with Crippen molar-refractivity contribution in [2.45, 2.75) is 25.3 Å². The molecule has 24 heavy (non-hydrogen) atoms. The Balaban J connectivity index is 1.69. The molecular formula is C17H17FN2O3S. The van der Waals surface area contributed by atoms with E-state index < -0.39 is 6.04 Å². The minimum absolute atomic E-state index is 0.122. The van der Waals surface area contributed by atoms with E-state index >= 15 is 0 Å². The highest BCUT2D eigenvalue weighted by molar-refractivity contribution is 7.10. The maximum absolute atomic E-state index is 13.0. The van der Waals surface area contributed by atoms with E-state index in [0.29, 0.717) is 23.7 Å². The van der Waals surface area contributed by atoms with Gasteiger partial charge in [-0.15, -0.1) is 11.3 Å². The molecule has 2 heterocycles. The molecule has 1 amide bonds. The highest BCUT2D eigenvalue weighted by Crippen LogP contribution is 2.24. The zero-order valence-electron chi connectivity index (χ0n) is 13.2. The Morgan fingerprint density at radius 3 is 2.83 bits per heavy atom. The number of nitrogens with zero attached hydrogens (tertiary/aromatic N) is 2. The number of carbonyl (C=O) groups is 2. The van der Waals surface area contributed by atoms with E-state index in [-0.39, 0.29) is 24.1 Å². The Labute approximate surface area is 143 Å². The van der Waals surface area contributed by atoms with Crippen LogP contribution < -0.4 is 0 Å². The smallest absolute Gasteiger partial charge is 0.328 e. The van der Waals surface area contributed by atoms with Gasteiger partial charge in [-0.2, -0.15) is 0 Å². The van der Waals surface area contributed by atoms with Crippen LogP contribution in [0.15, 0.2) is 29.6 Å². The van der Waals surface area contributed by atoms with Crippen molar-refractivity contribution in [3.63, 3.8) is 0 Å². The summed E-state index contributed by atoms with van der Waals surface area (Å²) in [5.74, 6) is -0.790. The van der Waals surface area contributed by atoms with Crippen LogP contribution in [0.1, 0.15) is 17.8 Å². The van der Waals surface area contributed by atoms with Crippen molar-refractivity contribution in [1.29, 1.82) is 0 Å². The van der Waals surface area contributed by atoms with E-state index in [1.54, 1.807) is 17.0 Å². The summed E-state index contributed by atoms with van der Waals surface area (Å²) in [7, 11) is 1.33. The van der Waals surface area contributed by atoms with E-state index in [1.165, 1.54) is 30.6 Å². The number of amides is 1. The average Bonchev–Trinajstić information content (AvgIpc) is 3.24.